The van der Waals surface area contributed by atoms with E-state index < -0.39 is 20.6 Å². The molecule has 0 aliphatic heterocycles. The summed E-state index contributed by atoms with van der Waals surface area (Å²) in [6.45, 7) is 4.79. The molecule has 112 valence electrons. The maximum atomic E-state index is 11.9. The molecule has 0 radical (unpaired) electrons. The number of nitrogens with two attached hydrogens (primary N) is 1. The van der Waals surface area contributed by atoms with Crippen molar-refractivity contribution in [3.63, 3.8) is 0 Å². The first-order valence-corrected chi connectivity index (χ1v) is 8.94. The van der Waals surface area contributed by atoms with Gasteiger partial charge in [-0.25, -0.2) is 8.42 Å². The Kier molecular flexibility index (Phi) is 4.23. The highest BCUT2D eigenvalue weighted by atomic mass is 32.2. The van der Waals surface area contributed by atoms with E-state index in [2.05, 4.69) is 6.92 Å². The molecule has 0 aromatic heterocycles. The summed E-state index contributed by atoms with van der Waals surface area (Å²) in [7, 11) is -3.19. The molecule has 1 fully saturated rings. The molecule has 3 atom stereocenters. The maximum Gasteiger partial charge on any atom is 0.152 e. The Bertz CT molecular complexity index is 567. The van der Waals surface area contributed by atoms with Gasteiger partial charge in [-0.15, -0.1) is 0 Å². The molecule has 0 saturated heterocycles. The molecule has 1 aromatic carbocycles. The number of rotatable bonds is 6. The van der Waals surface area contributed by atoms with Gasteiger partial charge in [0.2, 0.25) is 0 Å². The summed E-state index contributed by atoms with van der Waals surface area (Å²) >= 11 is 0. The fourth-order valence-electron chi connectivity index (χ4n) is 2.97. The van der Waals surface area contributed by atoms with E-state index >= 15 is 0 Å². The zero-order valence-corrected chi connectivity index (χ0v) is 13.1. The molecular weight excluding hydrogens is 274 g/mol. The molecule has 20 heavy (non-hydrogen) atoms. The van der Waals surface area contributed by atoms with Gasteiger partial charge in [-0.1, -0.05) is 31.2 Å². The number of hydrogen-bond acceptors (Lipinski definition) is 4. The van der Waals surface area contributed by atoms with Gasteiger partial charge < -0.3 is 10.5 Å². The van der Waals surface area contributed by atoms with Crippen molar-refractivity contribution >= 4 is 9.84 Å². The molecule has 4 nitrogen and oxygen atoms in total. The van der Waals surface area contributed by atoms with Crippen LogP contribution in [-0.4, -0.2) is 38.7 Å². The monoisotopic (exact) mass is 297 g/mol. The minimum absolute atomic E-state index is 0.171. The highest BCUT2D eigenvalue weighted by Crippen LogP contribution is 2.54. The maximum absolute atomic E-state index is 11.9. The van der Waals surface area contributed by atoms with Gasteiger partial charge in [-0.3, -0.25) is 0 Å². The summed E-state index contributed by atoms with van der Waals surface area (Å²) < 4.78 is 29.3. The van der Waals surface area contributed by atoms with Crippen LogP contribution in [0.15, 0.2) is 24.3 Å². The zero-order chi connectivity index (χ0) is 15.0. The van der Waals surface area contributed by atoms with Crippen molar-refractivity contribution in [1.29, 1.82) is 0 Å². The molecular formula is C15H23NO3S. The molecule has 0 unspecified atom stereocenters. The van der Waals surface area contributed by atoms with Crippen LogP contribution in [0.5, 0.6) is 0 Å². The van der Waals surface area contributed by atoms with Gasteiger partial charge in [-0.05, 0) is 24.5 Å². The van der Waals surface area contributed by atoms with Gasteiger partial charge in [0.15, 0.2) is 9.84 Å². The van der Waals surface area contributed by atoms with E-state index in [0.29, 0.717) is 6.61 Å². The minimum Gasteiger partial charge on any atom is -0.380 e. The Morgan fingerprint density at radius 1 is 1.25 bits per heavy atom. The van der Waals surface area contributed by atoms with Crippen LogP contribution >= 0.6 is 0 Å². The van der Waals surface area contributed by atoms with Crippen molar-refractivity contribution < 1.29 is 13.2 Å². The number of aryl methyl sites for hydroxylation is 1. The van der Waals surface area contributed by atoms with Crippen molar-refractivity contribution in [2.45, 2.75) is 37.0 Å². The number of ether oxygens (including phenoxy) is 1. The predicted molar refractivity (Wildman–Crippen MR) is 80.6 cm³/mol. The van der Waals surface area contributed by atoms with Crippen LogP contribution in [0, 0.1) is 0 Å². The molecule has 0 heterocycles. The molecule has 0 amide bonds. The second-order valence-electron chi connectivity index (χ2n) is 5.57. The van der Waals surface area contributed by atoms with Gasteiger partial charge in [0, 0.05) is 18.8 Å². The van der Waals surface area contributed by atoms with Crippen LogP contribution in [-0.2, 0) is 21.0 Å². The van der Waals surface area contributed by atoms with Crippen molar-refractivity contribution in [3.8, 4) is 0 Å². The van der Waals surface area contributed by atoms with E-state index in [-0.39, 0.29) is 12.5 Å². The molecule has 1 aromatic rings. The van der Waals surface area contributed by atoms with Gasteiger partial charge in [0.05, 0.1) is 17.4 Å². The highest BCUT2D eigenvalue weighted by molar-refractivity contribution is 7.91. The molecule has 1 aliphatic carbocycles. The summed E-state index contributed by atoms with van der Waals surface area (Å²) in [6, 6.07) is 8.05. The van der Waals surface area contributed by atoms with E-state index in [1.165, 1.54) is 11.8 Å². The first kappa shape index (κ1) is 15.5. The summed E-state index contributed by atoms with van der Waals surface area (Å²) in [5, 5.41) is -0.547. The fourth-order valence-corrected chi connectivity index (χ4v) is 4.80. The second kappa shape index (κ2) is 5.47. The first-order chi connectivity index (χ1) is 9.34. The number of hydrogen-bond donors (Lipinski definition) is 1. The van der Waals surface area contributed by atoms with Crippen molar-refractivity contribution in [2.75, 3.05) is 19.5 Å². The molecule has 0 bridgehead atoms. The third kappa shape index (κ3) is 2.75. The first-order valence-electron chi connectivity index (χ1n) is 6.99. The van der Waals surface area contributed by atoms with Gasteiger partial charge in [0.25, 0.3) is 0 Å². The Morgan fingerprint density at radius 2 is 1.85 bits per heavy atom. The van der Waals surface area contributed by atoms with Crippen LogP contribution in [0.2, 0.25) is 0 Å². The van der Waals surface area contributed by atoms with Crippen LogP contribution in [0.1, 0.15) is 30.9 Å². The van der Waals surface area contributed by atoms with Crippen LogP contribution in [0.3, 0.4) is 0 Å². The zero-order valence-electron chi connectivity index (χ0n) is 12.3. The quantitative estimate of drug-likeness (QED) is 0.864. The van der Waals surface area contributed by atoms with E-state index in [9.17, 15) is 8.42 Å². The lowest BCUT2D eigenvalue weighted by Gasteiger charge is -2.11. The molecule has 1 saturated carbocycles. The van der Waals surface area contributed by atoms with E-state index in [0.717, 1.165) is 12.0 Å². The highest BCUT2D eigenvalue weighted by Gasteiger charge is 2.67. The molecule has 2 N–H and O–H groups in total. The topological polar surface area (TPSA) is 69.4 Å². The number of sulfone groups is 1. The molecule has 0 spiro atoms. The van der Waals surface area contributed by atoms with Crippen molar-refractivity contribution in [3.05, 3.63) is 35.4 Å². The fraction of sp³-hybridized carbons (Fsp3) is 0.600. The van der Waals surface area contributed by atoms with E-state index in [1.807, 2.05) is 31.2 Å². The Labute approximate surface area is 121 Å². The predicted octanol–water partition coefficient (Wildman–Crippen LogP) is 1.49. The average Bonchev–Trinajstić information content (AvgIpc) is 3.03. The molecule has 2 rings (SSSR count). The summed E-state index contributed by atoms with van der Waals surface area (Å²) in [6.07, 6.45) is 2.22. The Morgan fingerprint density at radius 3 is 2.30 bits per heavy atom. The Balaban J connectivity index is 2.28. The average molecular weight is 297 g/mol. The van der Waals surface area contributed by atoms with Crippen LogP contribution < -0.4 is 5.73 Å². The lowest BCUT2D eigenvalue weighted by atomic mass is 10.0. The third-order valence-corrected chi connectivity index (χ3v) is 5.70. The van der Waals surface area contributed by atoms with Gasteiger partial charge in [-0.2, -0.15) is 0 Å². The van der Waals surface area contributed by atoms with Crippen LogP contribution in [0.25, 0.3) is 0 Å². The largest absolute Gasteiger partial charge is 0.380 e. The van der Waals surface area contributed by atoms with Gasteiger partial charge in [0.1, 0.15) is 0 Å². The minimum atomic E-state index is -3.19. The summed E-state index contributed by atoms with van der Waals surface area (Å²) in [5.41, 5.74) is 7.73. The second-order valence-corrected chi connectivity index (χ2v) is 7.74. The summed E-state index contributed by atoms with van der Waals surface area (Å²) in [5.74, 6) is -0.171. The third-order valence-electron chi connectivity index (χ3n) is 4.07. The van der Waals surface area contributed by atoms with Crippen molar-refractivity contribution in [2.24, 2.45) is 5.73 Å². The molecule has 1 aliphatic rings. The van der Waals surface area contributed by atoms with Gasteiger partial charge >= 0.3 is 0 Å². The molecule has 5 heteroatoms. The smallest absolute Gasteiger partial charge is 0.152 e. The lowest BCUT2D eigenvalue weighted by Crippen LogP contribution is -2.36. The lowest BCUT2D eigenvalue weighted by molar-refractivity contribution is 0.125. The standard InChI is InChI=1S/C15H23NO3S/c1-4-11-6-8-12(9-7-11)13-14(20(3,17)18)15(13,16)10-19-5-2/h6-9,13-14H,4-5,10,16H2,1-3H3/t13-,14+,15-/m0/s1. The van der Waals surface area contributed by atoms with E-state index in [1.54, 1.807) is 0 Å². The van der Waals surface area contributed by atoms with E-state index in [4.69, 9.17) is 10.5 Å². The van der Waals surface area contributed by atoms with Crippen LogP contribution in [0.4, 0.5) is 0 Å². The SMILES string of the molecule is CCOC[C@@]1(N)[C@H](S(C)(=O)=O)[C@@H]1c1ccc(CC)cc1. The number of benzene rings is 1. The van der Waals surface area contributed by atoms with Crippen molar-refractivity contribution in [1.82, 2.24) is 0 Å². The normalized spacial score (nSPS) is 29.4. The Hall–Kier alpha value is -0.910. The summed E-state index contributed by atoms with van der Waals surface area (Å²) in [4.78, 5) is 0.